The summed E-state index contributed by atoms with van der Waals surface area (Å²) in [6.45, 7) is 3.48. The number of aliphatic imine (C=N–C) groups is 1. The molecule has 2 aromatic carbocycles. The second-order valence-corrected chi connectivity index (χ2v) is 4.95. The van der Waals surface area contributed by atoms with Crippen molar-refractivity contribution in [1.29, 1.82) is 5.26 Å². The van der Waals surface area contributed by atoms with Gasteiger partial charge in [0.15, 0.2) is 5.96 Å². The molecule has 5 heteroatoms. The number of rotatable bonds is 5. The van der Waals surface area contributed by atoms with Crippen molar-refractivity contribution in [2.75, 3.05) is 6.54 Å². The Bertz CT molecular complexity index is 705. The van der Waals surface area contributed by atoms with Crippen molar-refractivity contribution >= 4 is 5.96 Å². The van der Waals surface area contributed by atoms with Crippen LogP contribution in [0.5, 0.6) is 0 Å². The zero-order valence-electron chi connectivity index (χ0n) is 13.0. The van der Waals surface area contributed by atoms with E-state index in [4.69, 9.17) is 5.26 Å². The molecule has 0 saturated carbocycles. The molecule has 0 atom stereocenters. The van der Waals surface area contributed by atoms with Gasteiger partial charge in [-0.05, 0) is 30.7 Å². The zero-order valence-corrected chi connectivity index (χ0v) is 13.0. The molecule has 0 aliphatic carbocycles. The predicted octanol–water partition coefficient (Wildman–Crippen LogP) is 2.95. The van der Waals surface area contributed by atoms with Crippen molar-refractivity contribution in [3.8, 4) is 6.07 Å². The third-order valence-corrected chi connectivity index (χ3v) is 3.23. The molecule has 0 spiro atoms. The minimum absolute atomic E-state index is 0.266. The molecular formula is C18H19FN4. The van der Waals surface area contributed by atoms with Gasteiger partial charge in [0.1, 0.15) is 5.82 Å². The maximum Gasteiger partial charge on any atom is 0.191 e. The first-order valence-corrected chi connectivity index (χ1v) is 7.47. The summed E-state index contributed by atoms with van der Waals surface area (Å²) in [6, 6.07) is 16.2. The van der Waals surface area contributed by atoms with Gasteiger partial charge in [-0.2, -0.15) is 5.26 Å². The van der Waals surface area contributed by atoms with Gasteiger partial charge >= 0.3 is 0 Å². The maximum absolute atomic E-state index is 13.8. The van der Waals surface area contributed by atoms with Crippen molar-refractivity contribution in [3.05, 3.63) is 71.0 Å². The van der Waals surface area contributed by atoms with E-state index in [1.807, 2.05) is 43.3 Å². The summed E-state index contributed by atoms with van der Waals surface area (Å²) in [5, 5.41) is 15.1. The second-order valence-electron chi connectivity index (χ2n) is 4.95. The molecule has 0 saturated heterocycles. The van der Waals surface area contributed by atoms with Gasteiger partial charge in [0.2, 0.25) is 0 Å². The summed E-state index contributed by atoms with van der Waals surface area (Å²) in [5.41, 5.74) is 1.98. The number of guanidine groups is 1. The minimum atomic E-state index is -0.338. The van der Waals surface area contributed by atoms with Gasteiger partial charge in [-0.15, -0.1) is 0 Å². The van der Waals surface area contributed by atoms with Gasteiger partial charge in [-0.1, -0.05) is 30.3 Å². The Kier molecular flexibility index (Phi) is 6.13. The molecule has 2 aromatic rings. The Balaban J connectivity index is 2.03. The maximum atomic E-state index is 13.8. The lowest BCUT2D eigenvalue weighted by molar-refractivity contribution is 0.604. The fourth-order valence-electron chi connectivity index (χ4n) is 2.05. The van der Waals surface area contributed by atoms with Gasteiger partial charge in [-0.25, -0.2) is 9.38 Å². The Morgan fingerprint density at radius 1 is 1.17 bits per heavy atom. The molecule has 0 aromatic heterocycles. The highest BCUT2D eigenvalue weighted by molar-refractivity contribution is 5.79. The summed E-state index contributed by atoms with van der Waals surface area (Å²) in [6.07, 6.45) is 0. The standard InChI is InChI=1S/C18H19FN4/c1-2-21-18(22-12-14-6-4-3-5-7-14)23-13-16-10-15(11-20)8-9-17(16)19/h3-10H,2,12-13H2,1H3,(H2,21,22,23). The molecule has 0 amide bonds. The molecule has 0 heterocycles. The zero-order chi connectivity index (χ0) is 16.5. The molecule has 0 fully saturated rings. The number of halogens is 1. The summed E-state index contributed by atoms with van der Waals surface area (Å²) in [5.74, 6) is 0.272. The first-order valence-electron chi connectivity index (χ1n) is 7.47. The van der Waals surface area contributed by atoms with Crippen LogP contribution in [0.3, 0.4) is 0 Å². The Hall–Kier alpha value is -2.87. The van der Waals surface area contributed by atoms with E-state index >= 15 is 0 Å². The predicted molar refractivity (Wildman–Crippen MR) is 89.2 cm³/mol. The van der Waals surface area contributed by atoms with E-state index in [1.54, 1.807) is 6.07 Å². The van der Waals surface area contributed by atoms with E-state index in [9.17, 15) is 4.39 Å². The van der Waals surface area contributed by atoms with Crippen LogP contribution in [0, 0.1) is 17.1 Å². The van der Waals surface area contributed by atoms with Crippen LogP contribution in [0.2, 0.25) is 0 Å². The van der Waals surface area contributed by atoms with Gasteiger partial charge in [0.05, 0.1) is 18.2 Å². The van der Waals surface area contributed by atoms with Crippen LogP contribution in [-0.4, -0.2) is 12.5 Å². The number of hydrogen-bond acceptors (Lipinski definition) is 2. The SMILES string of the molecule is CCNC(=NCc1ccccc1)NCc1cc(C#N)ccc1F. The van der Waals surface area contributed by atoms with Crippen LogP contribution >= 0.6 is 0 Å². The molecule has 0 unspecified atom stereocenters. The number of nitrogens with one attached hydrogen (secondary N) is 2. The smallest absolute Gasteiger partial charge is 0.191 e. The van der Waals surface area contributed by atoms with E-state index in [-0.39, 0.29) is 12.4 Å². The normalized spacial score (nSPS) is 10.9. The lowest BCUT2D eigenvalue weighted by Gasteiger charge is -2.12. The highest BCUT2D eigenvalue weighted by Gasteiger charge is 2.05. The van der Waals surface area contributed by atoms with Crippen LogP contribution in [0.25, 0.3) is 0 Å². The summed E-state index contributed by atoms with van der Waals surface area (Å²) in [7, 11) is 0. The van der Waals surface area contributed by atoms with Gasteiger partial charge in [-0.3, -0.25) is 0 Å². The highest BCUT2D eigenvalue weighted by atomic mass is 19.1. The summed E-state index contributed by atoms with van der Waals surface area (Å²) in [4.78, 5) is 4.48. The average molecular weight is 310 g/mol. The largest absolute Gasteiger partial charge is 0.357 e. The monoisotopic (exact) mass is 310 g/mol. The number of nitriles is 1. The Labute approximate surface area is 135 Å². The molecule has 118 valence electrons. The molecule has 23 heavy (non-hydrogen) atoms. The van der Waals surface area contributed by atoms with Crippen molar-refractivity contribution in [2.45, 2.75) is 20.0 Å². The Morgan fingerprint density at radius 2 is 1.96 bits per heavy atom. The number of nitrogens with zero attached hydrogens (tertiary/aromatic N) is 2. The van der Waals surface area contributed by atoms with Gasteiger partial charge in [0, 0.05) is 18.7 Å². The van der Waals surface area contributed by atoms with Crippen LogP contribution in [0.15, 0.2) is 53.5 Å². The quantitative estimate of drug-likeness (QED) is 0.659. The Morgan fingerprint density at radius 3 is 2.65 bits per heavy atom. The molecule has 0 bridgehead atoms. The summed E-state index contributed by atoms with van der Waals surface area (Å²) >= 11 is 0. The van der Waals surface area contributed by atoms with E-state index in [0.29, 0.717) is 30.2 Å². The van der Waals surface area contributed by atoms with Crippen LogP contribution < -0.4 is 10.6 Å². The van der Waals surface area contributed by atoms with Crippen LogP contribution in [0.1, 0.15) is 23.6 Å². The van der Waals surface area contributed by atoms with E-state index in [1.165, 1.54) is 12.1 Å². The van der Waals surface area contributed by atoms with Crippen LogP contribution in [0.4, 0.5) is 4.39 Å². The van der Waals surface area contributed by atoms with Gasteiger partial charge in [0.25, 0.3) is 0 Å². The molecule has 0 aliphatic heterocycles. The van der Waals surface area contributed by atoms with E-state index in [0.717, 1.165) is 5.56 Å². The fraction of sp³-hybridized carbons (Fsp3) is 0.222. The van der Waals surface area contributed by atoms with Crippen molar-refractivity contribution in [2.24, 2.45) is 4.99 Å². The fourth-order valence-corrected chi connectivity index (χ4v) is 2.05. The molecule has 2 rings (SSSR count). The van der Waals surface area contributed by atoms with Crippen LogP contribution in [-0.2, 0) is 13.1 Å². The number of benzene rings is 2. The van der Waals surface area contributed by atoms with E-state index in [2.05, 4.69) is 15.6 Å². The summed E-state index contributed by atoms with van der Waals surface area (Å²) < 4.78 is 13.8. The first kappa shape index (κ1) is 16.5. The molecule has 2 N–H and O–H groups in total. The van der Waals surface area contributed by atoms with Crippen molar-refractivity contribution < 1.29 is 4.39 Å². The van der Waals surface area contributed by atoms with E-state index < -0.39 is 0 Å². The third-order valence-electron chi connectivity index (χ3n) is 3.23. The topological polar surface area (TPSA) is 60.2 Å². The number of hydrogen-bond donors (Lipinski definition) is 2. The lowest BCUT2D eigenvalue weighted by atomic mass is 10.1. The van der Waals surface area contributed by atoms with Crippen molar-refractivity contribution in [3.63, 3.8) is 0 Å². The third kappa shape index (κ3) is 5.11. The molecule has 0 radical (unpaired) electrons. The lowest BCUT2D eigenvalue weighted by Crippen LogP contribution is -2.37. The van der Waals surface area contributed by atoms with Gasteiger partial charge < -0.3 is 10.6 Å². The molecule has 4 nitrogen and oxygen atoms in total. The molecular weight excluding hydrogens is 291 g/mol. The first-order chi connectivity index (χ1) is 11.2. The highest BCUT2D eigenvalue weighted by Crippen LogP contribution is 2.09. The average Bonchev–Trinajstić information content (AvgIpc) is 2.59. The molecule has 0 aliphatic rings. The second kappa shape index (κ2) is 8.54. The van der Waals surface area contributed by atoms with Crippen molar-refractivity contribution in [1.82, 2.24) is 10.6 Å². The minimum Gasteiger partial charge on any atom is -0.357 e.